The number of H-pyrrole nitrogens is 2. The number of carbonyl (C=O) groups is 4. The summed E-state index contributed by atoms with van der Waals surface area (Å²) in [6.07, 6.45) is 6.00. The standard InChI is InChI=1S/C29H34N6O5S/c1-41-11-10-21(30)27(37)33-16-26(36)34-24(12-17-14-31-22-8-4-2-6-19(17)22)28(38)35-25(29(39)40)13-18-15-32-23-9-5-3-7-20(18)23/h2-9,14-15,21,24-25,31-32H,10-13,16,30H2,1H3,(H,33,37)(H,34,36)(H,35,38)(H,39,40). The molecule has 12 heteroatoms. The molecule has 2 heterocycles. The van der Waals surface area contributed by atoms with Gasteiger partial charge in [0.15, 0.2) is 0 Å². The van der Waals surface area contributed by atoms with Crippen molar-refractivity contribution in [3.8, 4) is 0 Å². The maximum Gasteiger partial charge on any atom is 0.326 e. The van der Waals surface area contributed by atoms with Crippen molar-refractivity contribution in [3.05, 3.63) is 72.1 Å². The van der Waals surface area contributed by atoms with Crippen LogP contribution in [-0.4, -0.2) is 75.4 Å². The molecule has 4 rings (SSSR count). The summed E-state index contributed by atoms with van der Waals surface area (Å²) in [5, 5.41) is 19.5. The van der Waals surface area contributed by atoms with Crippen molar-refractivity contribution in [2.45, 2.75) is 37.4 Å². The zero-order valence-electron chi connectivity index (χ0n) is 22.6. The number of aliphatic carboxylic acids is 1. The average Bonchev–Trinajstić information content (AvgIpc) is 3.57. The predicted molar refractivity (Wildman–Crippen MR) is 159 cm³/mol. The molecule has 11 nitrogen and oxygen atoms in total. The lowest BCUT2D eigenvalue weighted by molar-refractivity contribution is -0.142. The van der Waals surface area contributed by atoms with Gasteiger partial charge in [0.2, 0.25) is 17.7 Å². The van der Waals surface area contributed by atoms with E-state index in [1.165, 1.54) is 0 Å². The van der Waals surface area contributed by atoms with Crippen molar-refractivity contribution in [3.63, 3.8) is 0 Å². The Labute approximate surface area is 241 Å². The fraction of sp³-hybridized carbons (Fsp3) is 0.310. The van der Waals surface area contributed by atoms with Gasteiger partial charge in [-0.05, 0) is 41.7 Å². The third kappa shape index (κ3) is 7.68. The largest absolute Gasteiger partial charge is 0.480 e. The Hall–Kier alpha value is -4.29. The monoisotopic (exact) mass is 578 g/mol. The molecule has 0 fully saturated rings. The van der Waals surface area contributed by atoms with Gasteiger partial charge in [-0.25, -0.2) is 4.79 Å². The third-order valence-electron chi connectivity index (χ3n) is 6.86. The molecule has 0 aliphatic carbocycles. The lowest BCUT2D eigenvalue weighted by atomic mass is 10.0. The first kappa shape index (κ1) is 29.7. The molecule has 216 valence electrons. The van der Waals surface area contributed by atoms with Crippen LogP contribution in [0.15, 0.2) is 60.9 Å². The minimum absolute atomic E-state index is 0.0445. The molecule has 3 atom stereocenters. The third-order valence-corrected chi connectivity index (χ3v) is 7.50. The SMILES string of the molecule is CSCCC(N)C(=O)NCC(=O)NC(Cc1c[nH]c2ccccc12)C(=O)NC(Cc1c[nH]c2ccccc12)C(=O)O. The van der Waals surface area contributed by atoms with Crippen LogP contribution in [0.5, 0.6) is 0 Å². The number of carboxylic acids is 1. The summed E-state index contributed by atoms with van der Waals surface area (Å²) < 4.78 is 0. The maximum atomic E-state index is 13.5. The smallest absolute Gasteiger partial charge is 0.326 e. The number of aromatic nitrogens is 2. The number of rotatable bonds is 14. The Morgan fingerprint density at radius 2 is 1.41 bits per heavy atom. The van der Waals surface area contributed by atoms with Crippen LogP contribution in [0.25, 0.3) is 21.8 Å². The topological polar surface area (TPSA) is 182 Å². The van der Waals surface area contributed by atoms with Crippen molar-refractivity contribution in [1.29, 1.82) is 0 Å². The summed E-state index contributed by atoms with van der Waals surface area (Å²) in [6, 6.07) is 11.9. The minimum atomic E-state index is -1.24. The molecule has 0 aliphatic heterocycles. The van der Waals surface area contributed by atoms with E-state index in [1.807, 2.05) is 54.8 Å². The minimum Gasteiger partial charge on any atom is -0.480 e. The average molecular weight is 579 g/mol. The van der Waals surface area contributed by atoms with E-state index in [2.05, 4.69) is 25.9 Å². The van der Waals surface area contributed by atoms with E-state index in [-0.39, 0.29) is 19.4 Å². The molecular weight excluding hydrogens is 544 g/mol. The van der Waals surface area contributed by atoms with Gasteiger partial charge in [-0.15, -0.1) is 0 Å². The number of nitrogens with one attached hydrogen (secondary N) is 5. The van der Waals surface area contributed by atoms with Crippen LogP contribution in [0.1, 0.15) is 17.5 Å². The summed E-state index contributed by atoms with van der Waals surface area (Å²) >= 11 is 1.56. The predicted octanol–water partition coefficient (Wildman–Crippen LogP) is 1.69. The maximum absolute atomic E-state index is 13.5. The van der Waals surface area contributed by atoms with E-state index < -0.39 is 41.8 Å². The fourth-order valence-electron chi connectivity index (χ4n) is 4.64. The highest BCUT2D eigenvalue weighted by Crippen LogP contribution is 2.21. The van der Waals surface area contributed by atoms with Crippen molar-refractivity contribution in [2.24, 2.45) is 5.73 Å². The van der Waals surface area contributed by atoms with E-state index in [9.17, 15) is 24.3 Å². The molecule has 3 amide bonds. The number of carboxylic acid groups (broad SMARTS) is 1. The summed E-state index contributed by atoms with van der Waals surface area (Å²) in [5.41, 5.74) is 9.11. The number of para-hydroxylation sites is 2. The number of nitrogens with two attached hydrogens (primary N) is 1. The van der Waals surface area contributed by atoms with Crippen LogP contribution in [-0.2, 0) is 32.0 Å². The normalized spacial score (nSPS) is 13.4. The number of thioether (sulfide) groups is 1. The second-order valence-corrected chi connectivity index (χ2v) is 10.7. The summed E-state index contributed by atoms with van der Waals surface area (Å²) in [5.74, 6) is -2.21. The van der Waals surface area contributed by atoms with Gasteiger partial charge in [-0.1, -0.05) is 36.4 Å². The van der Waals surface area contributed by atoms with Crippen LogP contribution in [0.2, 0.25) is 0 Å². The number of hydrogen-bond acceptors (Lipinski definition) is 6. The molecule has 3 unspecified atom stereocenters. The van der Waals surface area contributed by atoms with Gasteiger partial charge in [0.25, 0.3) is 0 Å². The summed E-state index contributed by atoms with van der Waals surface area (Å²) in [7, 11) is 0. The van der Waals surface area contributed by atoms with Gasteiger partial charge in [0.05, 0.1) is 12.6 Å². The zero-order valence-corrected chi connectivity index (χ0v) is 23.4. The Kier molecular flexibility index (Phi) is 10.0. The van der Waals surface area contributed by atoms with Crippen molar-refractivity contribution < 1.29 is 24.3 Å². The lowest BCUT2D eigenvalue weighted by Gasteiger charge is -2.22. The van der Waals surface area contributed by atoms with E-state index in [0.717, 1.165) is 32.9 Å². The number of hydrogen-bond donors (Lipinski definition) is 7. The van der Waals surface area contributed by atoms with E-state index in [4.69, 9.17) is 5.73 Å². The molecule has 2 aromatic heterocycles. The molecule has 0 spiro atoms. The van der Waals surface area contributed by atoms with Gasteiger partial charge in [0, 0.05) is 47.0 Å². The van der Waals surface area contributed by atoms with E-state index in [1.54, 1.807) is 24.2 Å². The number of carbonyl (C=O) groups excluding carboxylic acids is 3. The first-order valence-corrected chi connectivity index (χ1v) is 14.6. The van der Waals surface area contributed by atoms with E-state index >= 15 is 0 Å². The van der Waals surface area contributed by atoms with Crippen LogP contribution < -0.4 is 21.7 Å². The van der Waals surface area contributed by atoms with Gasteiger partial charge < -0.3 is 36.8 Å². The Bertz CT molecular complexity index is 1530. The molecule has 2 aromatic carbocycles. The number of amides is 3. The molecule has 0 saturated carbocycles. The van der Waals surface area contributed by atoms with Gasteiger partial charge >= 0.3 is 5.97 Å². The molecule has 0 saturated heterocycles. The second kappa shape index (κ2) is 13.9. The molecular formula is C29H34N6O5S. The highest BCUT2D eigenvalue weighted by Gasteiger charge is 2.28. The zero-order chi connectivity index (χ0) is 29.4. The first-order chi connectivity index (χ1) is 19.8. The first-order valence-electron chi connectivity index (χ1n) is 13.2. The molecule has 0 aliphatic rings. The molecule has 4 aromatic rings. The molecule has 8 N–H and O–H groups in total. The quantitative estimate of drug-likeness (QED) is 0.119. The van der Waals surface area contributed by atoms with Gasteiger partial charge in [-0.3, -0.25) is 14.4 Å². The van der Waals surface area contributed by atoms with Crippen LogP contribution in [0, 0.1) is 0 Å². The highest BCUT2D eigenvalue weighted by molar-refractivity contribution is 7.98. The number of aromatic amines is 2. The summed E-state index contributed by atoms with van der Waals surface area (Å²) in [6.45, 7) is -0.374. The van der Waals surface area contributed by atoms with Crippen molar-refractivity contribution in [1.82, 2.24) is 25.9 Å². The molecule has 0 bridgehead atoms. The van der Waals surface area contributed by atoms with Crippen LogP contribution >= 0.6 is 11.8 Å². The summed E-state index contributed by atoms with van der Waals surface area (Å²) in [4.78, 5) is 57.0. The number of benzene rings is 2. The van der Waals surface area contributed by atoms with Gasteiger partial charge in [0.1, 0.15) is 12.1 Å². The molecule has 41 heavy (non-hydrogen) atoms. The Morgan fingerprint density at radius 3 is 1.98 bits per heavy atom. The fourth-order valence-corrected chi connectivity index (χ4v) is 5.13. The van der Waals surface area contributed by atoms with Crippen LogP contribution in [0.4, 0.5) is 0 Å². The molecule has 0 radical (unpaired) electrons. The van der Waals surface area contributed by atoms with Crippen LogP contribution in [0.3, 0.4) is 0 Å². The lowest BCUT2D eigenvalue weighted by Crippen LogP contribution is -2.54. The van der Waals surface area contributed by atoms with E-state index in [0.29, 0.717) is 12.2 Å². The Morgan fingerprint density at radius 1 is 0.854 bits per heavy atom. The second-order valence-electron chi connectivity index (χ2n) is 9.75. The Balaban J connectivity index is 1.49. The van der Waals surface area contributed by atoms with Gasteiger partial charge in [-0.2, -0.15) is 11.8 Å². The van der Waals surface area contributed by atoms with Crippen molar-refractivity contribution >= 4 is 57.3 Å². The van der Waals surface area contributed by atoms with Crippen molar-refractivity contribution in [2.75, 3.05) is 18.6 Å². The highest BCUT2D eigenvalue weighted by atomic mass is 32.2. The number of fused-ring (bicyclic) bond motifs is 2.